The van der Waals surface area contributed by atoms with Crippen LogP contribution >= 0.6 is 0 Å². The first-order valence-electron chi connectivity index (χ1n) is 5.18. The first kappa shape index (κ1) is 10.5. The van der Waals surface area contributed by atoms with Gasteiger partial charge in [0, 0.05) is 38.6 Å². The van der Waals surface area contributed by atoms with Gasteiger partial charge in [0.25, 0.3) is 0 Å². The second-order valence-corrected chi connectivity index (χ2v) is 3.57. The molecular weight excluding hydrogens is 202 g/mol. The normalized spacial score (nSPS) is 10.3. The van der Waals surface area contributed by atoms with Crippen LogP contribution in [0.5, 0.6) is 0 Å². The van der Waals surface area contributed by atoms with Crippen molar-refractivity contribution in [2.24, 2.45) is 7.05 Å². The first-order chi connectivity index (χ1) is 7.77. The zero-order chi connectivity index (χ0) is 11.4. The van der Waals surface area contributed by atoms with E-state index in [1.165, 1.54) is 0 Å². The predicted octanol–water partition coefficient (Wildman–Crippen LogP) is 1.05. The third kappa shape index (κ3) is 2.31. The fourth-order valence-electron chi connectivity index (χ4n) is 1.50. The van der Waals surface area contributed by atoms with Crippen LogP contribution in [0.3, 0.4) is 0 Å². The van der Waals surface area contributed by atoms with Gasteiger partial charge >= 0.3 is 0 Å². The number of imidazole rings is 1. The highest BCUT2D eigenvalue weighted by Gasteiger charge is 2.01. The average Bonchev–Trinajstić information content (AvgIpc) is 2.67. The van der Waals surface area contributed by atoms with Crippen LogP contribution in [0.2, 0.25) is 0 Å². The van der Waals surface area contributed by atoms with Gasteiger partial charge in [-0.2, -0.15) is 0 Å². The number of anilines is 2. The Labute approximate surface area is 94.3 Å². The molecule has 0 aliphatic rings. The fraction of sp³-hybridized carbons (Fsp3) is 0.273. The number of hydrogen-bond acceptors (Lipinski definition) is 4. The third-order valence-corrected chi connectivity index (χ3v) is 2.40. The second-order valence-electron chi connectivity index (χ2n) is 3.57. The van der Waals surface area contributed by atoms with Crippen LogP contribution in [-0.2, 0) is 13.5 Å². The van der Waals surface area contributed by atoms with E-state index in [4.69, 9.17) is 5.73 Å². The van der Waals surface area contributed by atoms with Crippen molar-refractivity contribution in [1.29, 1.82) is 0 Å². The molecule has 2 aromatic heterocycles. The summed E-state index contributed by atoms with van der Waals surface area (Å²) < 4.78 is 2.00. The van der Waals surface area contributed by atoms with Gasteiger partial charge in [-0.25, -0.2) is 9.97 Å². The summed E-state index contributed by atoms with van der Waals surface area (Å²) in [5.41, 5.74) is 6.43. The Morgan fingerprint density at radius 1 is 1.38 bits per heavy atom. The molecule has 16 heavy (non-hydrogen) atoms. The van der Waals surface area contributed by atoms with Crippen LogP contribution in [-0.4, -0.2) is 21.1 Å². The highest BCUT2D eigenvalue weighted by Crippen LogP contribution is 2.12. The number of nitrogens with one attached hydrogen (secondary N) is 1. The van der Waals surface area contributed by atoms with Gasteiger partial charge in [-0.1, -0.05) is 0 Å². The molecule has 0 spiro atoms. The zero-order valence-electron chi connectivity index (χ0n) is 9.22. The largest absolute Gasteiger partial charge is 0.396 e. The van der Waals surface area contributed by atoms with Gasteiger partial charge in [-0.15, -0.1) is 0 Å². The van der Waals surface area contributed by atoms with E-state index in [9.17, 15) is 0 Å². The lowest BCUT2D eigenvalue weighted by Crippen LogP contribution is -2.10. The predicted molar refractivity (Wildman–Crippen MR) is 64.1 cm³/mol. The van der Waals surface area contributed by atoms with Crippen LogP contribution in [0.25, 0.3) is 0 Å². The average molecular weight is 217 g/mol. The van der Waals surface area contributed by atoms with E-state index >= 15 is 0 Å². The molecule has 0 radical (unpaired) electrons. The molecule has 0 fully saturated rings. The topological polar surface area (TPSA) is 68.8 Å². The minimum atomic E-state index is 0.669. The zero-order valence-corrected chi connectivity index (χ0v) is 9.22. The lowest BCUT2D eigenvalue weighted by Gasteiger charge is -2.07. The molecule has 0 aromatic carbocycles. The van der Waals surface area contributed by atoms with Crippen molar-refractivity contribution in [2.45, 2.75) is 6.42 Å². The van der Waals surface area contributed by atoms with Gasteiger partial charge in [0.2, 0.25) is 0 Å². The van der Waals surface area contributed by atoms with Gasteiger partial charge in [0.05, 0.1) is 5.69 Å². The number of nitrogens with two attached hydrogens (primary N) is 1. The van der Waals surface area contributed by atoms with Crippen molar-refractivity contribution in [2.75, 3.05) is 17.6 Å². The maximum Gasteiger partial charge on any atom is 0.149 e. The maximum atomic E-state index is 5.76. The van der Waals surface area contributed by atoms with Crippen molar-refractivity contribution < 1.29 is 0 Å². The smallest absolute Gasteiger partial charge is 0.149 e. The van der Waals surface area contributed by atoms with Crippen molar-refractivity contribution in [3.8, 4) is 0 Å². The molecule has 0 aliphatic heterocycles. The van der Waals surface area contributed by atoms with Gasteiger partial charge < -0.3 is 15.6 Å². The molecule has 3 N–H and O–H groups in total. The molecule has 5 nitrogen and oxygen atoms in total. The van der Waals surface area contributed by atoms with Crippen molar-refractivity contribution in [1.82, 2.24) is 14.5 Å². The highest BCUT2D eigenvalue weighted by atomic mass is 15.0. The number of pyridine rings is 1. The lowest BCUT2D eigenvalue weighted by atomic mass is 10.3. The standard InChI is InChI=1S/C11H15N5/c1-16-8-7-13-10(16)4-6-15-11-9(12)3-2-5-14-11/h2-3,5,7-8H,4,6,12H2,1H3,(H,14,15). The minimum absolute atomic E-state index is 0.669. The Kier molecular flexibility index (Phi) is 3.05. The summed E-state index contributed by atoms with van der Waals surface area (Å²) in [4.78, 5) is 8.40. The molecule has 2 aromatic rings. The van der Waals surface area contributed by atoms with Crippen LogP contribution in [0.1, 0.15) is 5.82 Å². The molecule has 84 valence electrons. The van der Waals surface area contributed by atoms with E-state index in [-0.39, 0.29) is 0 Å². The summed E-state index contributed by atoms with van der Waals surface area (Å²) in [5.74, 6) is 1.78. The molecule has 2 heterocycles. The summed E-state index contributed by atoms with van der Waals surface area (Å²) >= 11 is 0. The summed E-state index contributed by atoms with van der Waals surface area (Å²) in [6.45, 7) is 0.770. The van der Waals surface area contributed by atoms with E-state index in [1.807, 2.05) is 29.9 Å². The van der Waals surface area contributed by atoms with Crippen LogP contribution < -0.4 is 11.1 Å². The van der Waals surface area contributed by atoms with E-state index in [0.717, 1.165) is 24.6 Å². The molecule has 0 unspecified atom stereocenters. The van der Waals surface area contributed by atoms with Crippen LogP contribution in [0, 0.1) is 0 Å². The van der Waals surface area contributed by atoms with E-state index in [1.54, 1.807) is 12.4 Å². The first-order valence-corrected chi connectivity index (χ1v) is 5.18. The Bertz CT molecular complexity index is 463. The van der Waals surface area contributed by atoms with E-state index < -0.39 is 0 Å². The monoisotopic (exact) mass is 217 g/mol. The molecule has 0 bridgehead atoms. The van der Waals surface area contributed by atoms with Crippen molar-refractivity contribution in [3.63, 3.8) is 0 Å². The number of aromatic nitrogens is 3. The number of hydrogen-bond donors (Lipinski definition) is 2. The van der Waals surface area contributed by atoms with Crippen LogP contribution in [0.4, 0.5) is 11.5 Å². The summed E-state index contributed by atoms with van der Waals surface area (Å²) in [6.07, 6.45) is 6.30. The highest BCUT2D eigenvalue weighted by molar-refractivity contribution is 5.60. The Hall–Kier alpha value is -2.04. The molecule has 0 saturated carbocycles. The van der Waals surface area contributed by atoms with Crippen molar-refractivity contribution in [3.05, 3.63) is 36.5 Å². The summed E-state index contributed by atoms with van der Waals surface area (Å²) in [5, 5.41) is 3.19. The maximum absolute atomic E-state index is 5.76. The molecule has 2 rings (SSSR count). The third-order valence-electron chi connectivity index (χ3n) is 2.40. The quantitative estimate of drug-likeness (QED) is 0.803. The van der Waals surface area contributed by atoms with E-state index in [0.29, 0.717) is 5.69 Å². The van der Waals surface area contributed by atoms with Gasteiger partial charge in [0.15, 0.2) is 0 Å². The lowest BCUT2D eigenvalue weighted by molar-refractivity contribution is 0.788. The van der Waals surface area contributed by atoms with Crippen molar-refractivity contribution >= 4 is 11.5 Å². The Morgan fingerprint density at radius 2 is 2.25 bits per heavy atom. The molecule has 0 saturated heterocycles. The molecule has 0 aliphatic carbocycles. The van der Waals surface area contributed by atoms with E-state index in [2.05, 4.69) is 15.3 Å². The van der Waals surface area contributed by atoms with Crippen LogP contribution in [0.15, 0.2) is 30.7 Å². The SMILES string of the molecule is Cn1ccnc1CCNc1ncccc1N. The second kappa shape index (κ2) is 4.65. The summed E-state index contributed by atoms with van der Waals surface area (Å²) in [6, 6.07) is 3.65. The number of nitrogens with zero attached hydrogens (tertiary/aromatic N) is 3. The molecule has 5 heteroatoms. The Morgan fingerprint density at radius 3 is 2.94 bits per heavy atom. The fourth-order valence-corrected chi connectivity index (χ4v) is 1.50. The minimum Gasteiger partial charge on any atom is -0.396 e. The van der Waals surface area contributed by atoms with Gasteiger partial charge in [0.1, 0.15) is 11.6 Å². The number of nitrogen functional groups attached to an aromatic ring is 1. The molecular formula is C11H15N5. The number of aryl methyl sites for hydroxylation is 1. The van der Waals surface area contributed by atoms with Gasteiger partial charge in [-0.3, -0.25) is 0 Å². The molecule has 0 amide bonds. The number of rotatable bonds is 4. The molecule has 0 atom stereocenters. The summed E-state index contributed by atoms with van der Waals surface area (Å²) in [7, 11) is 1.98. The van der Waals surface area contributed by atoms with Gasteiger partial charge in [-0.05, 0) is 12.1 Å². The Balaban J connectivity index is 1.89.